The number of carbonyl (C=O) groups excluding carboxylic acids is 1. The molecule has 1 aromatic heterocycles. The number of allylic oxidation sites excluding steroid dienone is 1. The number of amides is 1. The van der Waals surface area contributed by atoms with E-state index in [9.17, 15) is 4.79 Å². The van der Waals surface area contributed by atoms with Gasteiger partial charge in [0.2, 0.25) is 5.76 Å². The SMILES string of the molecule is C=CCn1c(=NC(=O)C2=COCCO2)sc2cc(Cl)ccc21. The second kappa shape index (κ2) is 6.37. The Balaban J connectivity index is 2.10. The zero-order valence-corrected chi connectivity index (χ0v) is 13.2. The van der Waals surface area contributed by atoms with Crippen LogP contribution in [0.2, 0.25) is 5.02 Å². The van der Waals surface area contributed by atoms with Gasteiger partial charge in [0.25, 0.3) is 0 Å². The predicted molar refractivity (Wildman–Crippen MR) is 85.6 cm³/mol. The number of benzene rings is 1. The molecule has 7 heteroatoms. The molecular formula is C15H13ClN2O3S. The van der Waals surface area contributed by atoms with Crippen LogP contribution < -0.4 is 4.80 Å². The summed E-state index contributed by atoms with van der Waals surface area (Å²) in [5.74, 6) is -0.345. The van der Waals surface area contributed by atoms with Crippen molar-refractivity contribution in [3.8, 4) is 0 Å². The van der Waals surface area contributed by atoms with Crippen molar-refractivity contribution in [3.05, 3.63) is 52.7 Å². The molecule has 0 N–H and O–H groups in total. The number of aromatic nitrogens is 1. The Morgan fingerprint density at radius 2 is 2.36 bits per heavy atom. The van der Waals surface area contributed by atoms with Gasteiger partial charge in [-0.15, -0.1) is 6.58 Å². The van der Waals surface area contributed by atoms with E-state index in [0.717, 1.165) is 10.2 Å². The van der Waals surface area contributed by atoms with Crippen LogP contribution in [-0.2, 0) is 20.8 Å². The van der Waals surface area contributed by atoms with Gasteiger partial charge in [-0.25, -0.2) is 0 Å². The van der Waals surface area contributed by atoms with Crippen molar-refractivity contribution in [3.63, 3.8) is 0 Å². The summed E-state index contributed by atoms with van der Waals surface area (Å²) in [6, 6.07) is 5.56. The largest absolute Gasteiger partial charge is 0.494 e. The molecule has 0 saturated carbocycles. The van der Waals surface area contributed by atoms with Crippen LogP contribution in [-0.4, -0.2) is 23.7 Å². The topological polar surface area (TPSA) is 52.8 Å². The van der Waals surface area contributed by atoms with Gasteiger partial charge in [0, 0.05) is 11.6 Å². The molecule has 1 amide bonds. The molecular weight excluding hydrogens is 324 g/mol. The lowest BCUT2D eigenvalue weighted by molar-refractivity contribution is -0.119. The van der Waals surface area contributed by atoms with Crippen LogP contribution in [0.3, 0.4) is 0 Å². The molecule has 0 saturated heterocycles. The average molecular weight is 337 g/mol. The average Bonchev–Trinajstić information content (AvgIpc) is 2.85. The van der Waals surface area contributed by atoms with Crippen LogP contribution in [0.15, 0.2) is 47.9 Å². The fourth-order valence-electron chi connectivity index (χ4n) is 2.06. The van der Waals surface area contributed by atoms with Gasteiger partial charge in [-0.2, -0.15) is 4.99 Å². The maximum absolute atomic E-state index is 12.2. The first kappa shape index (κ1) is 14.9. The minimum Gasteiger partial charge on any atom is -0.494 e. The van der Waals surface area contributed by atoms with E-state index in [2.05, 4.69) is 11.6 Å². The minimum atomic E-state index is -0.463. The lowest BCUT2D eigenvalue weighted by Crippen LogP contribution is -2.19. The van der Waals surface area contributed by atoms with Crippen LogP contribution in [0.1, 0.15) is 0 Å². The fraction of sp³-hybridized carbons (Fsp3) is 0.200. The number of fused-ring (bicyclic) bond motifs is 1. The van der Waals surface area contributed by atoms with E-state index in [1.54, 1.807) is 6.08 Å². The highest BCUT2D eigenvalue weighted by atomic mass is 35.5. The summed E-state index contributed by atoms with van der Waals surface area (Å²) in [6.07, 6.45) is 3.06. The lowest BCUT2D eigenvalue weighted by atomic mass is 10.3. The van der Waals surface area contributed by atoms with Crippen LogP contribution in [0.25, 0.3) is 10.2 Å². The third-order valence-electron chi connectivity index (χ3n) is 3.01. The highest BCUT2D eigenvalue weighted by Crippen LogP contribution is 2.22. The van der Waals surface area contributed by atoms with Gasteiger partial charge in [0.05, 0.1) is 10.2 Å². The fourth-order valence-corrected chi connectivity index (χ4v) is 3.37. The molecule has 1 aliphatic rings. The van der Waals surface area contributed by atoms with Gasteiger partial charge in [-0.3, -0.25) is 4.79 Å². The summed E-state index contributed by atoms with van der Waals surface area (Å²) in [5.41, 5.74) is 0.954. The van der Waals surface area contributed by atoms with Crippen LogP contribution in [0.4, 0.5) is 0 Å². The quantitative estimate of drug-likeness (QED) is 0.810. The van der Waals surface area contributed by atoms with Crippen molar-refractivity contribution in [2.45, 2.75) is 6.54 Å². The third-order valence-corrected chi connectivity index (χ3v) is 4.29. The molecule has 1 aromatic carbocycles. The van der Waals surface area contributed by atoms with Crippen molar-refractivity contribution >= 4 is 39.1 Å². The molecule has 0 aliphatic carbocycles. The Morgan fingerprint density at radius 1 is 1.50 bits per heavy atom. The Labute approximate surface area is 135 Å². The van der Waals surface area contributed by atoms with E-state index in [0.29, 0.717) is 29.6 Å². The first-order chi connectivity index (χ1) is 10.7. The molecule has 5 nitrogen and oxygen atoms in total. The van der Waals surface area contributed by atoms with Crippen LogP contribution in [0.5, 0.6) is 0 Å². The molecule has 2 aromatic rings. The van der Waals surface area contributed by atoms with Crippen molar-refractivity contribution in [2.24, 2.45) is 4.99 Å². The molecule has 0 radical (unpaired) electrons. The second-order valence-electron chi connectivity index (χ2n) is 4.51. The van der Waals surface area contributed by atoms with E-state index < -0.39 is 5.91 Å². The summed E-state index contributed by atoms with van der Waals surface area (Å²) in [7, 11) is 0. The smallest absolute Gasteiger partial charge is 0.317 e. The number of nitrogens with zero attached hydrogens (tertiary/aromatic N) is 2. The molecule has 3 rings (SSSR count). The number of carbonyl (C=O) groups is 1. The molecule has 0 spiro atoms. The standard InChI is InChI=1S/C15H13ClN2O3S/c1-2-5-18-11-4-3-10(16)8-13(11)22-15(18)17-14(19)12-9-20-6-7-21-12/h2-4,8-9H,1,5-7H2. The van der Waals surface area contributed by atoms with Crippen molar-refractivity contribution in [1.82, 2.24) is 4.57 Å². The second-order valence-corrected chi connectivity index (χ2v) is 5.96. The zero-order chi connectivity index (χ0) is 15.5. The van der Waals surface area contributed by atoms with Gasteiger partial charge >= 0.3 is 5.91 Å². The van der Waals surface area contributed by atoms with E-state index in [4.69, 9.17) is 21.1 Å². The van der Waals surface area contributed by atoms with Gasteiger partial charge in [0.15, 0.2) is 4.80 Å². The summed E-state index contributed by atoms with van der Waals surface area (Å²) in [5, 5.41) is 0.643. The van der Waals surface area contributed by atoms with Crippen LogP contribution >= 0.6 is 22.9 Å². The predicted octanol–water partition coefficient (Wildman–Crippen LogP) is 2.86. The first-order valence-electron chi connectivity index (χ1n) is 6.62. The van der Waals surface area contributed by atoms with E-state index in [-0.39, 0.29) is 5.76 Å². The minimum absolute atomic E-state index is 0.117. The number of ether oxygens (including phenoxy) is 2. The van der Waals surface area contributed by atoms with Gasteiger partial charge in [-0.05, 0) is 18.2 Å². The summed E-state index contributed by atoms with van der Waals surface area (Å²) in [4.78, 5) is 16.9. The van der Waals surface area contributed by atoms with Gasteiger partial charge < -0.3 is 14.0 Å². The normalized spacial score (nSPS) is 15.1. The van der Waals surface area contributed by atoms with E-state index in [1.807, 2.05) is 22.8 Å². The maximum atomic E-state index is 12.2. The highest BCUT2D eigenvalue weighted by Gasteiger charge is 2.15. The molecule has 22 heavy (non-hydrogen) atoms. The van der Waals surface area contributed by atoms with E-state index in [1.165, 1.54) is 17.6 Å². The number of hydrogen-bond acceptors (Lipinski definition) is 4. The molecule has 0 fully saturated rings. The van der Waals surface area contributed by atoms with Crippen molar-refractivity contribution in [2.75, 3.05) is 13.2 Å². The van der Waals surface area contributed by atoms with Crippen molar-refractivity contribution in [1.29, 1.82) is 0 Å². The summed E-state index contributed by atoms with van der Waals surface area (Å²) >= 11 is 7.41. The van der Waals surface area contributed by atoms with Crippen molar-refractivity contribution < 1.29 is 14.3 Å². The first-order valence-corrected chi connectivity index (χ1v) is 7.82. The molecule has 1 aliphatic heterocycles. The Morgan fingerprint density at radius 3 is 3.09 bits per heavy atom. The Kier molecular flexibility index (Phi) is 4.31. The molecule has 0 unspecified atom stereocenters. The van der Waals surface area contributed by atoms with Crippen LogP contribution in [0, 0.1) is 0 Å². The maximum Gasteiger partial charge on any atom is 0.317 e. The third kappa shape index (κ3) is 2.93. The van der Waals surface area contributed by atoms with Gasteiger partial charge in [0.1, 0.15) is 19.5 Å². The molecule has 2 heterocycles. The monoisotopic (exact) mass is 336 g/mol. The lowest BCUT2D eigenvalue weighted by Gasteiger charge is -2.12. The van der Waals surface area contributed by atoms with Gasteiger partial charge in [-0.1, -0.05) is 29.0 Å². The molecule has 114 valence electrons. The number of thiazole rings is 1. The number of halogens is 1. The zero-order valence-electron chi connectivity index (χ0n) is 11.6. The highest BCUT2D eigenvalue weighted by molar-refractivity contribution is 7.16. The number of hydrogen-bond donors (Lipinski definition) is 0. The molecule has 0 atom stereocenters. The van der Waals surface area contributed by atoms with E-state index >= 15 is 0 Å². The Bertz CT molecular complexity index is 835. The number of rotatable bonds is 3. The summed E-state index contributed by atoms with van der Waals surface area (Å²) in [6.45, 7) is 5.08. The molecule has 0 bridgehead atoms. The summed E-state index contributed by atoms with van der Waals surface area (Å²) < 4.78 is 13.2. The Hall–Kier alpha value is -2.05.